The molecule has 0 bridgehead atoms. The van der Waals surface area contributed by atoms with Crippen LogP contribution in [0.1, 0.15) is 23.0 Å². The van der Waals surface area contributed by atoms with Crippen LogP contribution >= 0.6 is 0 Å². The second kappa shape index (κ2) is 6.58. The van der Waals surface area contributed by atoms with Crippen LogP contribution in [0.15, 0.2) is 48.5 Å². The summed E-state index contributed by atoms with van der Waals surface area (Å²) in [6.07, 6.45) is 0. The van der Waals surface area contributed by atoms with E-state index in [-0.39, 0.29) is 5.56 Å². The average molecular weight is 322 g/mol. The second-order valence-corrected chi connectivity index (χ2v) is 5.40. The maximum Gasteiger partial charge on any atom is 0.337 e. The Morgan fingerprint density at radius 1 is 1.17 bits per heavy atom. The summed E-state index contributed by atoms with van der Waals surface area (Å²) in [4.78, 5) is 15.9. The van der Waals surface area contributed by atoms with E-state index in [4.69, 9.17) is 4.74 Å². The molecule has 2 N–H and O–H groups in total. The first-order valence-corrected chi connectivity index (χ1v) is 7.72. The number of aromatic nitrogens is 1. The number of aromatic carboxylic acids is 1. The predicted octanol–water partition coefficient (Wildman–Crippen LogP) is 4.38. The molecule has 1 heterocycles. The molecule has 0 fully saturated rings. The van der Waals surface area contributed by atoms with Crippen molar-refractivity contribution in [1.29, 1.82) is 0 Å². The summed E-state index contributed by atoms with van der Waals surface area (Å²) < 4.78 is 5.56. The van der Waals surface area contributed by atoms with Crippen molar-refractivity contribution in [2.75, 3.05) is 11.9 Å². The lowest BCUT2D eigenvalue weighted by Crippen LogP contribution is -2.03. The van der Waals surface area contributed by atoms with E-state index in [0.717, 1.165) is 28.0 Å². The number of pyridine rings is 1. The predicted molar refractivity (Wildman–Crippen MR) is 94.3 cm³/mol. The van der Waals surface area contributed by atoms with E-state index in [1.165, 1.54) is 0 Å². The van der Waals surface area contributed by atoms with Crippen LogP contribution in [0.2, 0.25) is 0 Å². The largest absolute Gasteiger partial charge is 0.494 e. The average Bonchev–Trinajstić information content (AvgIpc) is 2.56. The van der Waals surface area contributed by atoms with Gasteiger partial charge in [-0.3, -0.25) is 4.98 Å². The van der Waals surface area contributed by atoms with Crippen LogP contribution in [0.5, 0.6) is 5.75 Å². The molecule has 0 aliphatic carbocycles. The molecule has 3 aromatic rings. The molecule has 0 saturated carbocycles. The summed E-state index contributed by atoms with van der Waals surface area (Å²) in [7, 11) is 0. The van der Waals surface area contributed by atoms with E-state index < -0.39 is 5.97 Å². The summed E-state index contributed by atoms with van der Waals surface area (Å²) in [5, 5.41) is 13.5. The lowest BCUT2D eigenvalue weighted by Gasteiger charge is -2.14. The topological polar surface area (TPSA) is 71.5 Å². The quantitative estimate of drug-likeness (QED) is 0.729. The van der Waals surface area contributed by atoms with Crippen LogP contribution in [0.4, 0.5) is 11.4 Å². The van der Waals surface area contributed by atoms with Crippen LogP contribution in [-0.4, -0.2) is 22.7 Å². The van der Waals surface area contributed by atoms with Gasteiger partial charge in [-0.05, 0) is 50.2 Å². The number of anilines is 2. The molecule has 0 spiro atoms. The minimum atomic E-state index is -0.969. The number of carboxylic acids is 1. The number of benzene rings is 2. The van der Waals surface area contributed by atoms with Gasteiger partial charge in [0.05, 0.1) is 23.4 Å². The third kappa shape index (κ3) is 3.15. The van der Waals surface area contributed by atoms with Crippen molar-refractivity contribution in [3.63, 3.8) is 0 Å². The van der Waals surface area contributed by atoms with E-state index in [1.807, 2.05) is 38.1 Å². The third-order valence-electron chi connectivity index (χ3n) is 3.65. The molecular weight excluding hydrogens is 304 g/mol. The number of fused-ring (bicyclic) bond motifs is 1. The first kappa shape index (κ1) is 15.8. The van der Waals surface area contributed by atoms with Crippen LogP contribution in [0.25, 0.3) is 10.9 Å². The molecular formula is C19H18N2O3. The highest BCUT2D eigenvalue weighted by Gasteiger charge is 2.12. The van der Waals surface area contributed by atoms with Crippen molar-refractivity contribution in [3.05, 3.63) is 59.8 Å². The number of nitrogens with one attached hydrogen (secondary N) is 1. The van der Waals surface area contributed by atoms with Crippen LogP contribution in [0, 0.1) is 6.92 Å². The standard InChI is InChI=1S/C19H18N2O3/c1-3-24-13-8-9-17-15(11-13)18(10-12(2)20-17)21-16-7-5-4-6-14(16)19(22)23/h4-11H,3H2,1-2H3,(H,20,21)(H,22,23). The van der Waals surface area contributed by atoms with Gasteiger partial charge in [0.2, 0.25) is 0 Å². The zero-order valence-electron chi connectivity index (χ0n) is 13.5. The molecule has 0 amide bonds. The van der Waals surface area contributed by atoms with E-state index in [2.05, 4.69) is 10.3 Å². The Bertz CT molecular complexity index is 906. The number of para-hydroxylation sites is 1. The van der Waals surface area contributed by atoms with Crippen LogP contribution in [-0.2, 0) is 0 Å². The van der Waals surface area contributed by atoms with Gasteiger partial charge in [0, 0.05) is 16.8 Å². The highest BCUT2D eigenvalue weighted by atomic mass is 16.5. The zero-order valence-corrected chi connectivity index (χ0v) is 13.5. The number of aryl methyl sites for hydroxylation is 1. The Morgan fingerprint density at radius 3 is 2.71 bits per heavy atom. The molecule has 1 aromatic heterocycles. The Labute approximate surface area is 139 Å². The van der Waals surface area contributed by atoms with Gasteiger partial charge in [-0.25, -0.2) is 4.79 Å². The summed E-state index contributed by atoms with van der Waals surface area (Å²) in [6.45, 7) is 4.42. The molecule has 0 unspecified atom stereocenters. The van der Waals surface area contributed by atoms with Gasteiger partial charge in [-0.1, -0.05) is 12.1 Å². The number of ether oxygens (including phenoxy) is 1. The summed E-state index contributed by atoms with van der Waals surface area (Å²) >= 11 is 0. The molecule has 5 nitrogen and oxygen atoms in total. The molecule has 0 atom stereocenters. The molecule has 3 rings (SSSR count). The Morgan fingerprint density at radius 2 is 1.96 bits per heavy atom. The van der Waals surface area contributed by atoms with Gasteiger partial charge < -0.3 is 15.2 Å². The molecule has 0 aliphatic rings. The van der Waals surface area contributed by atoms with Gasteiger partial charge >= 0.3 is 5.97 Å². The lowest BCUT2D eigenvalue weighted by molar-refractivity contribution is 0.0698. The van der Waals surface area contributed by atoms with Crippen molar-refractivity contribution in [1.82, 2.24) is 4.98 Å². The molecule has 122 valence electrons. The van der Waals surface area contributed by atoms with Gasteiger partial charge in [-0.15, -0.1) is 0 Å². The van der Waals surface area contributed by atoms with E-state index in [9.17, 15) is 9.90 Å². The zero-order chi connectivity index (χ0) is 17.1. The minimum absolute atomic E-state index is 0.223. The number of hydrogen-bond donors (Lipinski definition) is 2. The first-order chi connectivity index (χ1) is 11.6. The smallest absolute Gasteiger partial charge is 0.337 e. The Hall–Kier alpha value is -3.08. The highest BCUT2D eigenvalue weighted by molar-refractivity contribution is 5.99. The fourth-order valence-electron chi connectivity index (χ4n) is 2.62. The van der Waals surface area contributed by atoms with Crippen molar-refractivity contribution >= 4 is 28.2 Å². The van der Waals surface area contributed by atoms with Gasteiger partial charge in [0.25, 0.3) is 0 Å². The van der Waals surface area contributed by atoms with Crippen molar-refractivity contribution < 1.29 is 14.6 Å². The maximum atomic E-state index is 11.4. The minimum Gasteiger partial charge on any atom is -0.494 e. The van der Waals surface area contributed by atoms with Gasteiger partial charge in [0.15, 0.2) is 0 Å². The number of rotatable bonds is 5. The van der Waals surface area contributed by atoms with E-state index >= 15 is 0 Å². The Kier molecular flexibility index (Phi) is 4.33. The molecule has 5 heteroatoms. The van der Waals surface area contributed by atoms with Crippen LogP contribution < -0.4 is 10.1 Å². The molecule has 2 aromatic carbocycles. The summed E-state index contributed by atoms with van der Waals surface area (Å²) in [5.74, 6) is -0.214. The Balaban J connectivity index is 2.11. The van der Waals surface area contributed by atoms with Crippen molar-refractivity contribution in [2.45, 2.75) is 13.8 Å². The SMILES string of the molecule is CCOc1ccc2nc(C)cc(Nc3ccccc3C(=O)O)c2c1. The highest BCUT2D eigenvalue weighted by Crippen LogP contribution is 2.30. The second-order valence-electron chi connectivity index (χ2n) is 5.40. The number of carboxylic acid groups (broad SMARTS) is 1. The number of carbonyl (C=O) groups is 1. The van der Waals surface area contributed by atoms with Gasteiger partial charge in [0.1, 0.15) is 5.75 Å². The van der Waals surface area contributed by atoms with E-state index in [0.29, 0.717) is 12.3 Å². The van der Waals surface area contributed by atoms with Gasteiger partial charge in [-0.2, -0.15) is 0 Å². The third-order valence-corrected chi connectivity index (χ3v) is 3.65. The number of nitrogens with zero attached hydrogens (tertiary/aromatic N) is 1. The van der Waals surface area contributed by atoms with Crippen LogP contribution in [0.3, 0.4) is 0 Å². The molecule has 0 aliphatic heterocycles. The fourth-order valence-corrected chi connectivity index (χ4v) is 2.62. The monoisotopic (exact) mass is 322 g/mol. The fraction of sp³-hybridized carbons (Fsp3) is 0.158. The maximum absolute atomic E-state index is 11.4. The first-order valence-electron chi connectivity index (χ1n) is 7.72. The summed E-state index contributed by atoms with van der Waals surface area (Å²) in [6, 6.07) is 14.4. The van der Waals surface area contributed by atoms with Crippen molar-refractivity contribution in [3.8, 4) is 5.75 Å². The molecule has 24 heavy (non-hydrogen) atoms. The van der Waals surface area contributed by atoms with E-state index in [1.54, 1.807) is 24.3 Å². The lowest BCUT2D eigenvalue weighted by atomic mass is 10.1. The molecule has 0 saturated heterocycles. The summed E-state index contributed by atoms with van der Waals surface area (Å²) in [5.41, 5.74) is 3.24. The molecule has 0 radical (unpaired) electrons. The van der Waals surface area contributed by atoms with Crippen molar-refractivity contribution in [2.24, 2.45) is 0 Å². The number of hydrogen-bond acceptors (Lipinski definition) is 4. The normalized spacial score (nSPS) is 10.6.